The molecule has 5 heteroatoms. The van der Waals surface area contributed by atoms with Gasteiger partial charge in [-0.2, -0.15) is 5.10 Å². The van der Waals surface area contributed by atoms with Gasteiger partial charge in [-0.25, -0.2) is 4.98 Å². The largest absolute Gasteiger partial charge is 0.341 e. The van der Waals surface area contributed by atoms with Crippen LogP contribution < -0.4 is 10.6 Å². The summed E-state index contributed by atoms with van der Waals surface area (Å²) in [5.74, 6) is 0.606. The molecule has 0 radical (unpaired) electrons. The van der Waals surface area contributed by atoms with E-state index >= 15 is 0 Å². The molecule has 0 spiro atoms. The van der Waals surface area contributed by atoms with E-state index in [1.54, 1.807) is 12.4 Å². The Morgan fingerprint density at radius 3 is 2.83 bits per heavy atom. The lowest BCUT2D eigenvalue weighted by Gasteiger charge is -2.17. The Balaban J connectivity index is 2.59. The molecule has 0 saturated carbocycles. The van der Waals surface area contributed by atoms with E-state index in [4.69, 9.17) is 5.73 Å². The Kier molecular flexibility index (Phi) is 2.93. The van der Waals surface area contributed by atoms with Crippen molar-refractivity contribution in [2.45, 2.75) is 13.0 Å². The first-order valence-corrected chi connectivity index (χ1v) is 3.80. The summed E-state index contributed by atoms with van der Waals surface area (Å²) in [4.78, 5) is 5.90. The zero-order chi connectivity index (χ0) is 8.97. The van der Waals surface area contributed by atoms with Gasteiger partial charge in [-0.1, -0.05) is 0 Å². The second-order valence-electron chi connectivity index (χ2n) is 2.80. The van der Waals surface area contributed by atoms with E-state index in [-0.39, 0.29) is 6.04 Å². The molecule has 1 heterocycles. The Hall–Kier alpha value is -1.23. The summed E-state index contributed by atoms with van der Waals surface area (Å²) in [6.07, 6.45) is 3.16. The van der Waals surface area contributed by atoms with Gasteiger partial charge in [0, 0.05) is 19.6 Å². The molecule has 1 rings (SSSR count). The van der Waals surface area contributed by atoms with Crippen LogP contribution in [0.3, 0.4) is 0 Å². The third-order valence-electron chi connectivity index (χ3n) is 1.37. The topological polar surface area (TPSA) is 67.9 Å². The minimum absolute atomic E-state index is 0.110. The molecule has 1 unspecified atom stereocenters. The average Bonchev–Trinajstić information content (AvgIpc) is 2.05. The normalized spacial score (nSPS) is 12.6. The number of nitrogens with zero attached hydrogens (tertiary/aromatic N) is 4. The lowest BCUT2D eigenvalue weighted by atomic mass is 10.3. The van der Waals surface area contributed by atoms with Crippen molar-refractivity contribution >= 4 is 5.95 Å². The van der Waals surface area contributed by atoms with Crippen molar-refractivity contribution in [3.63, 3.8) is 0 Å². The van der Waals surface area contributed by atoms with Crippen LogP contribution in [-0.4, -0.2) is 34.8 Å². The van der Waals surface area contributed by atoms with Crippen molar-refractivity contribution in [1.82, 2.24) is 15.2 Å². The second-order valence-corrected chi connectivity index (χ2v) is 2.80. The molecule has 0 fully saturated rings. The van der Waals surface area contributed by atoms with E-state index < -0.39 is 0 Å². The van der Waals surface area contributed by atoms with Gasteiger partial charge < -0.3 is 10.6 Å². The number of likely N-dealkylation sites (N-methyl/N-ethyl adjacent to an activating group) is 1. The summed E-state index contributed by atoms with van der Waals surface area (Å²) in [5, 5.41) is 7.56. The van der Waals surface area contributed by atoms with Crippen LogP contribution in [0.1, 0.15) is 6.92 Å². The minimum Gasteiger partial charge on any atom is -0.341 e. The minimum atomic E-state index is 0.110. The maximum atomic E-state index is 5.61. The lowest BCUT2D eigenvalue weighted by Crippen LogP contribution is -2.33. The molecule has 0 bridgehead atoms. The molecule has 66 valence electrons. The average molecular weight is 167 g/mol. The zero-order valence-electron chi connectivity index (χ0n) is 7.31. The third kappa shape index (κ3) is 2.43. The summed E-state index contributed by atoms with van der Waals surface area (Å²) in [6, 6.07) is 0.110. The molecular formula is C7H13N5. The highest BCUT2D eigenvalue weighted by molar-refractivity contribution is 5.24. The van der Waals surface area contributed by atoms with Gasteiger partial charge in [0.25, 0.3) is 0 Å². The van der Waals surface area contributed by atoms with Gasteiger partial charge in [0.2, 0.25) is 5.95 Å². The van der Waals surface area contributed by atoms with Crippen LogP contribution in [0.15, 0.2) is 12.4 Å². The molecule has 1 atom stereocenters. The van der Waals surface area contributed by atoms with Gasteiger partial charge in [-0.15, -0.1) is 5.10 Å². The predicted molar refractivity (Wildman–Crippen MR) is 46.7 cm³/mol. The van der Waals surface area contributed by atoms with Gasteiger partial charge in [0.15, 0.2) is 0 Å². The number of nitrogens with two attached hydrogens (primary N) is 1. The van der Waals surface area contributed by atoms with Crippen LogP contribution >= 0.6 is 0 Å². The number of rotatable bonds is 3. The van der Waals surface area contributed by atoms with Crippen LogP contribution in [0, 0.1) is 0 Å². The molecule has 2 N–H and O–H groups in total. The number of aromatic nitrogens is 3. The van der Waals surface area contributed by atoms with E-state index in [2.05, 4.69) is 15.2 Å². The van der Waals surface area contributed by atoms with Crippen molar-refractivity contribution in [2.24, 2.45) is 5.73 Å². The molecule has 1 aromatic rings. The van der Waals surface area contributed by atoms with Gasteiger partial charge in [-0.05, 0) is 6.92 Å². The molecule has 0 aliphatic heterocycles. The standard InChI is InChI=1S/C7H13N5/c1-6(8)5-12(2)7-9-3-4-10-11-7/h3-4,6H,5,8H2,1-2H3. The van der Waals surface area contributed by atoms with Crippen molar-refractivity contribution in [3.8, 4) is 0 Å². The van der Waals surface area contributed by atoms with Gasteiger partial charge in [0.05, 0.1) is 12.4 Å². The molecule has 12 heavy (non-hydrogen) atoms. The van der Waals surface area contributed by atoms with E-state index in [1.807, 2.05) is 18.9 Å². The fourth-order valence-electron chi connectivity index (χ4n) is 0.929. The first-order valence-electron chi connectivity index (χ1n) is 3.80. The molecule has 1 aromatic heterocycles. The van der Waals surface area contributed by atoms with Crippen LogP contribution in [0.5, 0.6) is 0 Å². The first-order chi connectivity index (χ1) is 5.70. The number of anilines is 1. The maximum absolute atomic E-state index is 5.61. The fraction of sp³-hybridized carbons (Fsp3) is 0.571. The molecule has 0 aliphatic rings. The second kappa shape index (κ2) is 3.96. The molecule has 0 amide bonds. The van der Waals surface area contributed by atoms with Crippen LogP contribution in [0.25, 0.3) is 0 Å². The maximum Gasteiger partial charge on any atom is 0.245 e. The zero-order valence-corrected chi connectivity index (χ0v) is 7.31. The monoisotopic (exact) mass is 167 g/mol. The Morgan fingerprint density at radius 1 is 1.58 bits per heavy atom. The summed E-state index contributed by atoms with van der Waals surface area (Å²) >= 11 is 0. The molecule has 0 aromatic carbocycles. The van der Waals surface area contributed by atoms with E-state index in [0.29, 0.717) is 5.95 Å². The SMILES string of the molecule is CC(N)CN(C)c1nccnn1. The predicted octanol–water partition coefficient (Wildman–Crippen LogP) is -0.345. The van der Waals surface area contributed by atoms with Crippen molar-refractivity contribution in [1.29, 1.82) is 0 Å². The fourth-order valence-corrected chi connectivity index (χ4v) is 0.929. The Labute approximate surface area is 71.6 Å². The van der Waals surface area contributed by atoms with Gasteiger partial charge in [-0.3, -0.25) is 0 Å². The van der Waals surface area contributed by atoms with E-state index in [9.17, 15) is 0 Å². The molecule has 5 nitrogen and oxygen atoms in total. The Morgan fingerprint density at radius 2 is 2.33 bits per heavy atom. The van der Waals surface area contributed by atoms with Crippen molar-refractivity contribution in [2.75, 3.05) is 18.5 Å². The van der Waals surface area contributed by atoms with Crippen molar-refractivity contribution in [3.05, 3.63) is 12.4 Å². The van der Waals surface area contributed by atoms with Gasteiger partial charge >= 0.3 is 0 Å². The van der Waals surface area contributed by atoms with Gasteiger partial charge in [0.1, 0.15) is 0 Å². The first kappa shape index (κ1) is 8.86. The third-order valence-corrected chi connectivity index (χ3v) is 1.37. The summed E-state index contributed by atoms with van der Waals surface area (Å²) in [5.41, 5.74) is 5.61. The molecule has 0 aliphatic carbocycles. The number of hydrogen-bond acceptors (Lipinski definition) is 5. The lowest BCUT2D eigenvalue weighted by molar-refractivity contribution is 0.698. The molecule has 0 saturated heterocycles. The highest BCUT2D eigenvalue weighted by atomic mass is 15.3. The van der Waals surface area contributed by atoms with Crippen LogP contribution in [0.2, 0.25) is 0 Å². The Bertz CT molecular complexity index is 222. The van der Waals surface area contributed by atoms with E-state index in [0.717, 1.165) is 6.54 Å². The van der Waals surface area contributed by atoms with Crippen molar-refractivity contribution < 1.29 is 0 Å². The summed E-state index contributed by atoms with van der Waals surface area (Å²) < 4.78 is 0. The van der Waals surface area contributed by atoms with Crippen LogP contribution in [0.4, 0.5) is 5.95 Å². The summed E-state index contributed by atoms with van der Waals surface area (Å²) in [7, 11) is 1.89. The van der Waals surface area contributed by atoms with Crippen LogP contribution in [-0.2, 0) is 0 Å². The highest BCUT2D eigenvalue weighted by Gasteiger charge is 2.04. The smallest absolute Gasteiger partial charge is 0.245 e. The highest BCUT2D eigenvalue weighted by Crippen LogP contribution is 1.99. The van der Waals surface area contributed by atoms with E-state index in [1.165, 1.54) is 0 Å². The molecular weight excluding hydrogens is 154 g/mol. The quantitative estimate of drug-likeness (QED) is 0.666. The number of hydrogen-bond donors (Lipinski definition) is 1. The summed E-state index contributed by atoms with van der Waals surface area (Å²) in [6.45, 7) is 2.67.